The summed E-state index contributed by atoms with van der Waals surface area (Å²) < 4.78 is 0. The van der Waals surface area contributed by atoms with E-state index in [1.54, 1.807) is 0 Å². The molecule has 8 unspecified atom stereocenters. The van der Waals surface area contributed by atoms with Gasteiger partial charge in [-0.1, -0.05) is 6.92 Å². The molecule has 0 aromatic rings. The lowest BCUT2D eigenvalue weighted by Crippen LogP contribution is -2.70. The number of aliphatic hydroxyl groups excluding tert-OH is 1. The summed E-state index contributed by atoms with van der Waals surface area (Å²) in [6.45, 7) is 4.13. The van der Waals surface area contributed by atoms with Crippen LogP contribution in [0, 0.1) is 29.1 Å². The molecule has 0 aromatic carbocycles. The molecule has 1 spiro atoms. The summed E-state index contributed by atoms with van der Waals surface area (Å²) in [5, 5.41) is 10.9. The van der Waals surface area contributed by atoms with Gasteiger partial charge in [0.2, 0.25) is 0 Å². The molecule has 2 saturated heterocycles. The topological polar surface area (TPSA) is 40.5 Å². The molecule has 3 aliphatic carbocycles. The van der Waals surface area contributed by atoms with Crippen LogP contribution >= 0.6 is 0 Å². The predicted octanol–water partition coefficient (Wildman–Crippen LogP) is 1.45. The van der Waals surface area contributed by atoms with E-state index in [1.165, 1.54) is 19.3 Å². The van der Waals surface area contributed by atoms with Crippen molar-refractivity contribution in [2.24, 2.45) is 29.1 Å². The maximum Gasteiger partial charge on any atom is 0.147 e. The molecule has 8 atom stereocenters. The van der Waals surface area contributed by atoms with Gasteiger partial charge in [-0.15, -0.1) is 0 Å². The first-order valence-electron chi connectivity index (χ1n) is 8.03. The number of hydrogen-bond acceptors (Lipinski definition) is 3. The molecule has 5 fully saturated rings. The summed E-state index contributed by atoms with van der Waals surface area (Å²) >= 11 is 0. The number of nitrogens with zero attached hydrogens (tertiary/aromatic N) is 1. The zero-order valence-corrected chi connectivity index (χ0v) is 11.6. The Morgan fingerprint density at radius 2 is 2.16 bits per heavy atom. The highest BCUT2D eigenvalue weighted by molar-refractivity contribution is 5.83. The van der Waals surface area contributed by atoms with Gasteiger partial charge in [0, 0.05) is 23.9 Å². The Kier molecular flexibility index (Phi) is 1.83. The lowest BCUT2D eigenvalue weighted by atomic mass is 9.48. The fraction of sp³-hybridized carbons (Fsp3) is 0.938. The Labute approximate surface area is 114 Å². The van der Waals surface area contributed by atoms with Gasteiger partial charge >= 0.3 is 0 Å². The molecular formula is C16H23NO2. The lowest BCUT2D eigenvalue weighted by Gasteiger charge is -2.63. The van der Waals surface area contributed by atoms with Gasteiger partial charge in [-0.3, -0.25) is 9.69 Å². The van der Waals surface area contributed by atoms with Crippen molar-refractivity contribution in [1.29, 1.82) is 0 Å². The van der Waals surface area contributed by atoms with Crippen LogP contribution in [0.2, 0.25) is 0 Å². The van der Waals surface area contributed by atoms with Crippen molar-refractivity contribution in [2.45, 2.75) is 50.7 Å². The monoisotopic (exact) mass is 261 g/mol. The molecular weight excluding hydrogens is 238 g/mol. The van der Waals surface area contributed by atoms with E-state index in [9.17, 15) is 9.90 Å². The minimum Gasteiger partial charge on any atom is -0.392 e. The van der Waals surface area contributed by atoms with Crippen LogP contribution in [0.3, 0.4) is 0 Å². The van der Waals surface area contributed by atoms with Crippen molar-refractivity contribution in [2.75, 3.05) is 13.1 Å². The highest BCUT2D eigenvalue weighted by atomic mass is 16.3. The summed E-state index contributed by atoms with van der Waals surface area (Å²) in [5.74, 6) is 3.23. The molecule has 2 aliphatic heterocycles. The van der Waals surface area contributed by atoms with Crippen LogP contribution in [0.25, 0.3) is 0 Å². The van der Waals surface area contributed by atoms with Crippen LogP contribution < -0.4 is 0 Å². The fourth-order valence-corrected chi connectivity index (χ4v) is 7.49. The van der Waals surface area contributed by atoms with Crippen molar-refractivity contribution < 1.29 is 9.90 Å². The summed E-state index contributed by atoms with van der Waals surface area (Å²) in [6, 6.07) is 0. The molecule has 19 heavy (non-hydrogen) atoms. The van der Waals surface area contributed by atoms with Crippen molar-refractivity contribution in [3.05, 3.63) is 0 Å². The van der Waals surface area contributed by atoms with Crippen LogP contribution in [-0.2, 0) is 4.79 Å². The zero-order chi connectivity index (χ0) is 13.0. The first kappa shape index (κ1) is 11.3. The van der Waals surface area contributed by atoms with Gasteiger partial charge in [0.15, 0.2) is 0 Å². The summed E-state index contributed by atoms with van der Waals surface area (Å²) in [6.07, 6.45) is 5.24. The summed E-state index contributed by atoms with van der Waals surface area (Å²) in [7, 11) is 0. The van der Waals surface area contributed by atoms with Crippen molar-refractivity contribution in [3.63, 3.8) is 0 Å². The van der Waals surface area contributed by atoms with Crippen LogP contribution in [-0.4, -0.2) is 40.5 Å². The molecule has 0 amide bonds. The number of rotatable bonds is 0. The third-order valence-corrected chi connectivity index (χ3v) is 7.60. The van der Waals surface area contributed by atoms with E-state index in [-0.39, 0.29) is 17.1 Å². The number of carbonyl (C=O) groups excluding carboxylic acids is 1. The highest BCUT2D eigenvalue weighted by Gasteiger charge is 2.79. The van der Waals surface area contributed by atoms with E-state index in [0.29, 0.717) is 30.6 Å². The van der Waals surface area contributed by atoms with Crippen LogP contribution in [0.5, 0.6) is 0 Å². The Morgan fingerprint density at radius 1 is 1.32 bits per heavy atom. The largest absolute Gasteiger partial charge is 0.392 e. The number of hydrogen-bond donors (Lipinski definition) is 1. The van der Waals surface area contributed by atoms with Gasteiger partial charge in [0.25, 0.3) is 0 Å². The number of carbonyl (C=O) groups is 1. The van der Waals surface area contributed by atoms with Gasteiger partial charge in [-0.05, 0) is 49.4 Å². The molecule has 5 rings (SSSR count). The predicted molar refractivity (Wildman–Crippen MR) is 70.5 cm³/mol. The Hall–Kier alpha value is -0.410. The third-order valence-electron chi connectivity index (χ3n) is 7.60. The minimum absolute atomic E-state index is 0.0574. The molecule has 5 aliphatic rings. The molecule has 3 heteroatoms. The molecule has 1 N–H and O–H groups in total. The average molecular weight is 261 g/mol. The third kappa shape index (κ3) is 0.964. The number of Topliss-reactive ketones (excluding diaryl/α,β-unsaturated/α-hetero) is 1. The average Bonchev–Trinajstić information content (AvgIpc) is 2.62. The first-order chi connectivity index (χ1) is 9.08. The highest BCUT2D eigenvalue weighted by Crippen LogP contribution is 2.75. The van der Waals surface area contributed by atoms with Crippen molar-refractivity contribution >= 4 is 5.78 Å². The second-order valence-corrected chi connectivity index (χ2v) is 8.16. The fourth-order valence-electron chi connectivity index (χ4n) is 7.49. The first-order valence-corrected chi connectivity index (χ1v) is 8.03. The molecule has 6 bridgehead atoms. The van der Waals surface area contributed by atoms with E-state index in [0.717, 1.165) is 24.8 Å². The summed E-state index contributed by atoms with van der Waals surface area (Å²) in [4.78, 5) is 14.7. The second kappa shape index (κ2) is 3.09. The van der Waals surface area contributed by atoms with Gasteiger partial charge in [0.05, 0.1) is 12.6 Å². The van der Waals surface area contributed by atoms with E-state index < -0.39 is 0 Å². The molecule has 0 radical (unpaired) electrons. The Morgan fingerprint density at radius 3 is 3.00 bits per heavy atom. The SMILES string of the molecule is CC1CC2CC(O)C34CC(=O)CN5CC3CC2C54C1. The van der Waals surface area contributed by atoms with E-state index in [1.807, 2.05) is 0 Å². The Balaban J connectivity index is 1.75. The minimum atomic E-state index is -0.219. The molecule has 0 aromatic heterocycles. The second-order valence-electron chi connectivity index (χ2n) is 8.16. The number of piperidine rings is 2. The number of aliphatic hydroxyl groups is 1. The van der Waals surface area contributed by atoms with E-state index in [2.05, 4.69) is 11.8 Å². The molecule has 3 saturated carbocycles. The van der Waals surface area contributed by atoms with Crippen LogP contribution in [0.15, 0.2) is 0 Å². The molecule has 3 nitrogen and oxygen atoms in total. The maximum atomic E-state index is 12.2. The zero-order valence-electron chi connectivity index (χ0n) is 11.6. The van der Waals surface area contributed by atoms with Gasteiger partial charge in [-0.25, -0.2) is 0 Å². The maximum absolute atomic E-state index is 12.2. The van der Waals surface area contributed by atoms with Crippen molar-refractivity contribution in [3.8, 4) is 0 Å². The van der Waals surface area contributed by atoms with Gasteiger partial charge in [0.1, 0.15) is 5.78 Å². The standard InChI is InChI=1S/C16H23NO2/c1-9-2-10-3-14(19)15-6-12(18)8-17-7-11(15)4-13(10)16(15,17)5-9/h9-11,13-14,19H,2-8H2,1H3. The van der Waals surface area contributed by atoms with Crippen LogP contribution in [0.1, 0.15) is 39.0 Å². The quantitative estimate of drug-likeness (QED) is 0.717. The Bertz CT molecular complexity index is 477. The van der Waals surface area contributed by atoms with E-state index in [4.69, 9.17) is 0 Å². The van der Waals surface area contributed by atoms with Gasteiger partial charge in [-0.2, -0.15) is 0 Å². The van der Waals surface area contributed by atoms with E-state index >= 15 is 0 Å². The molecule has 104 valence electrons. The van der Waals surface area contributed by atoms with Crippen LogP contribution in [0.4, 0.5) is 0 Å². The van der Waals surface area contributed by atoms with Gasteiger partial charge < -0.3 is 5.11 Å². The molecule has 2 heterocycles. The summed E-state index contributed by atoms with van der Waals surface area (Å²) in [5.41, 5.74) is 0.143. The smallest absolute Gasteiger partial charge is 0.147 e. The number of ketones is 1. The van der Waals surface area contributed by atoms with Crippen molar-refractivity contribution in [1.82, 2.24) is 4.90 Å². The normalized spacial score (nSPS) is 65.5. The lowest BCUT2D eigenvalue weighted by molar-refractivity contribution is -0.180.